The fraction of sp³-hybridized carbons (Fsp3) is 0.524. The minimum Gasteiger partial charge on any atom is -0.462 e. The summed E-state index contributed by atoms with van der Waals surface area (Å²) < 4.78 is 43.8. The van der Waals surface area contributed by atoms with Crippen molar-refractivity contribution in [1.29, 1.82) is 0 Å². The SMILES string of the molecule is CC(=O)O[C@H]1C[C@]2(C(C)(C)O)C(=C1C)[C@@H](OC(C)=O)[C@H](OC(=O)c1ccccc1)[C@@]1(C)C([C@@H]2OC(=O)c2ccccc2)[C@]2(OC(C)=O)CO[C@@H]2C[C@@H]1OC(C)=O. The van der Waals surface area contributed by atoms with Crippen molar-refractivity contribution in [2.75, 3.05) is 6.61 Å². The van der Waals surface area contributed by atoms with E-state index in [0.717, 1.165) is 6.92 Å². The van der Waals surface area contributed by atoms with Gasteiger partial charge in [-0.1, -0.05) is 43.3 Å². The summed E-state index contributed by atoms with van der Waals surface area (Å²) in [5.74, 6) is -5.90. The standard InChI is InChI=1S/C42H48O14/c1-22-29(51-23(2)43)20-41(39(6,7)49)32(22)33(53-25(4)45)35(54-37(47)27-15-11-9-12-16-27)40(8)30(52-24(3)44)19-31-42(21-50-31,56-26(5)46)34(40)36(41)55-38(48)28-17-13-10-14-18-28/h9-18,29-31,33-36,49H,19-21H2,1-8H3/t29-,30-,31+,33+,34?,35-,36-,40+,41-,42-/m0/s1. The van der Waals surface area contributed by atoms with Crippen molar-refractivity contribution in [3.05, 3.63) is 82.9 Å². The Morgan fingerprint density at radius 2 is 1.25 bits per heavy atom. The quantitative estimate of drug-likeness (QED) is 0.214. The lowest BCUT2D eigenvalue weighted by Gasteiger charge is -2.65. The van der Waals surface area contributed by atoms with E-state index in [1.807, 2.05) is 0 Å². The largest absolute Gasteiger partial charge is 0.462 e. The van der Waals surface area contributed by atoms with Gasteiger partial charge in [0, 0.05) is 40.5 Å². The normalized spacial score (nSPS) is 33.2. The molecule has 1 aliphatic heterocycles. The third-order valence-corrected chi connectivity index (χ3v) is 12.1. The van der Waals surface area contributed by atoms with Crippen LogP contribution in [-0.4, -0.2) is 95.4 Å². The number of benzene rings is 2. The molecule has 300 valence electrons. The molecule has 1 N–H and O–H groups in total. The Bertz CT molecular complexity index is 1930. The fourth-order valence-corrected chi connectivity index (χ4v) is 9.86. The van der Waals surface area contributed by atoms with Crippen LogP contribution < -0.4 is 0 Å². The maximum atomic E-state index is 14.5. The molecule has 14 nitrogen and oxygen atoms in total. The summed E-state index contributed by atoms with van der Waals surface area (Å²) in [6.07, 6.45) is -8.25. The van der Waals surface area contributed by atoms with E-state index < -0.39 is 100 Å². The Hall–Kier alpha value is -5.08. The van der Waals surface area contributed by atoms with Crippen molar-refractivity contribution in [3.63, 3.8) is 0 Å². The maximum Gasteiger partial charge on any atom is 0.338 e. The molecular formula is C42H48O14. The molecule has 1 saturated heterocycles. The summed E-state index contributed by atoms with van der Waals surface area (Å²) in [5, 5.41) is 12.7. The number of ether oxygens (including phenoxy) is 7. The van der Waals surface area contributed by atoms with Crippen molar-refractivity contribution in [2.24, 2.45) is 16.7 Å². The van der Waals surface area contributed by atoms with E-state index in [4.69, 9.17) is 33.2 Å². The Morgan fingerprint density at radius 1 is 0.732 bits per heavy atom. The summed E-state index contributed by atoms with van der Waals surface area (Å²) in [6, 6.07) is 16.1. The lowest BCUT2D eigenvalue weighted by molar-refractivity contribution is -0.351. The average molecular weight is 777 g/mol. The number of rotatable bonds is 9. The fourth-order valence-electron chi connectivity index (χ4n) is 9.86. The highest BCUT2D eigenvalue weighted by atomic mass is 16.6. The van der Waals surface area contributed by atoms with Crippen molar-refractivity contribution >= 4 is 35.8 Å². The number of esters is 6. The molecule has 2 aromatic carbocycles. The number of aliphatic hydroxyl groups is 1. The van der Waals surface area contributed by atoms with Crippen LogP contribution in [-0.2, 0) is 52.3 Å². The van der Waals surface area contributed by atoms with E-state index in [2.05, 4.69) is 0 Å². The molecule has 0 radical (unpaired) electrons. The van der Waals surface area contributed by atoms with Gasteiger partial charge in [0.05, 0.1) is 40.1 Å². The van der Waals surface area contributed by atoms with Gasteiger partial charge in [-0.25, -0.2) is 9.59 Å². The summed E-state index contributed by atoms with van der Waals surface area (Å²) in [5.41, 5.74) is -6.40. The highest BCUT2D eigenvalue weighted by Gasteiger charge is 2.81. The molecule has 0 spiro atoms. The highest BCUT2D eigenvalue weighted by molar-refractivity contribution is 5.90. The molecule has 56 heavy (non-hydrogen) atoms. The third-order valence-electron chi connectivity index (χ3n) is 12.1. The van der Waals surface area contributed by atoms with E-state index in [9.17, 15) is 33.9 Å². The molecule has 10 atom stereocenters. The van der Waals surface area contributed by atoms with E-state index in [-0.39, 0.29) is 36.1 Å². The molecule has 0 bridgehead atoms. The molecule has 3 fully saturated rings. The maximum absolute atomic E-state index is 14.5. The zero-order chi connectivity index (χ0) is 41.0. The number of hydrogen-bond acceptors (Lipinski definition) is 14. The second kappa shape index (κ2) is 14.8. The second-order valence-corrected chi connectivity index (χ2v) is 15.9. The van der Waals surface area contributed by atoms with E-state index in [1.54, 1.807) is 62.4 Å². The van der Waals surface area contributed by atoms with Crippen LogP contribution >= 0.6 is 0 Å². The first-order valence-electron chi connectivity index (χ1n) is 18.6. The predicted octanol–water partition coefficient (Wildman–Crippen LogP) is 4.45. The van der Waals surface area contributed by atoms with Gasteiger partial charge in [-0.15, -0.1) is 0 Å². The van der Waals surface area contributed by atoms with Gasteiger partial charge >= 0.3 is 35.8 Å². The minimum atomic E-state index is -1.93. The second-order valence-electron chi connectivity index (χ2n) is 15.9. The Labute approximate surface area is 324 Å². The summed E-state index contributed by atoms with van der Waals surface area (Å²) in [4.78, 5) is 81.1. The van der Waals surface area contributed by atoms with Crippen LogP contribution in [0.2, 0.25) is 0 Å². The monoisotopic (exact) mass is 776 g/mol. The zero-order valence-corrected chi connectivity index (χ0v) is 32.7. The van der Waals surface area contributed by atoms with Gasteiger partial charge in [-0.05, 0) is 56.2 Å². The van der Waals surface area contributed by atoms with Crippen LogP contribution in [0, 0.1) is 16.7 Å². The summed E-state index contributed by atoms with van der Waals surface area (Å²) in [6.45, 7) is 10.8. The van der Waals surface area contributed by atoms with E-state index >= 15 is 0 Å². The van der Waals surface area contributed by atoms with Crippen LogP contribution in [0.5, 0.6) is 0 Å². The van der Waals surface area contributed by atoms with E-state index in [0.29, 0.717) is 5.57 Å². The Balaban J connectivity index is 1.77. The van der Waals surface area contributed by atoms with Crippen molar-refractivity contribution in [3.8, 4) is 0 Å². The van der Waals surface area contributed by atoms with Gasteiger partial charge in [-0.3, -0.25) is 19.2 Å². The van der Waals surface area contributed by atoms with Crippen LogP contribution in [0.4, 0.5) is 0 Å². The molecule has 0 amide bonds. The third kappa shape index (κ3) is 6.66. The van der Waals surface area contributed by atoms with Crippen LogP contribution in [0.25, 0.3) is 0 Å². The average Bonchev–Trinajstić information content (AvgIpc) is 3.37. The van der Waals surface area contributed by atoms with Crippen LogP contribution in [0.3, 0.4) is 0 Å². The molecule has 1 unspecified atom stereocenters. The van der Waals surface area contributed by atoms with E-state index in [1.165, 1.54) is 46.8 Å². The predicted molar refractivity (Wildman–Crippen MR) is 194 cm³/mol. The molecule has 6 rings (SSSR count). The molecule has 4 aliphatic rings. The first-order valence-corrected chi connectivity index (χ1v) is 18.6. The zero-order valence-electron chi connectivity index (χ0n) is 32.7. The van der Waals surface area contributed by atoms with Gasteiger partial charge in [0.2, 0.25) is 0 Å². The molecule has 2 saturated carbocycles. The molecule has 14 heteroatoms. The van der Waals surface area contributed by atoms with Crippen molar-refractivity contribution in [2.45, 2.75) is 116 Å². The molecule has 3 aliphatic carbocycles. The lowest BCUT2D eigenvalue weighted by Crippen LogP contribution is -2.79. The molecule has 1 heterocycles. The van der Waals surface area contributed by atoms with Crippen molar-refractivity contribution in [1.82, 2.24) is 0 Å². The summed E-state index contributed by atoms with van der Waals surface area (Å²) in [7, 11) is 0. The smallest absolute Gasteiger partial charge is 0.338 e. The summed E-state index contributed by atoms with van der Waals surface area (Å²) >= 11 is 0. The molecular weight excluding hydrogens is 728 g/mol. The van der Waals surface area contributed by atoms with Gasteiger partial charge in [-0.2, -0.15) is 0 Å². The van der Waals surface area contributed by atoms with Gasteiger partial charge in [0.15, 0.2) is 17.8 Å². The number of hydrogen-bond donors (Lipinski definition) is 1. The number of fused-ring (bicyclic) bond motifs is 4. The lowest BCUT2D eigenvalue weighted by atomic mass is 9.49. The topological polar surface area (TPSA) is 187 Å². The Morgan fingerprint density at radius 3 is 1.70 bits per heavy atom. The van der Waals surface area contributed by atoms with Gasteiger partial charge in [0.25, 0.3) is 0 Å². The molecule has 0 aromatic heterocycles. The Kier molecular flexibility index (Phi) is 10.7. The first kappa shape index (κ1) is 40.6. The van der Waals surface area contributed by atoms with Crippen molar-refractivity contribution < 1.29 is 67.0 Å². The highest BCUT2D eigenvalue weighted by Crippen LogP contribution is 2.69. The van der Waals surface area contributed by atoms with Crippen LogP contribution in [0.15, 0.2) is 71.8 Å². The van der Waals surface area contributed by atoms with Gasteiger partial charge in [0.1, 0.15) is 24.4 Å². The number of carbonyl (C=O) groups is 6. The minimum absolute atomic E-state index is 0.0744. The number of carbonyl (C=O) groups excluding carboxylic acids is 6. The molecule has 2 aromatic rings. The first-order chi connectivity index (χ1) is 26.3. The van der Waals surface area contributed by atoms with Crippen LogP contribution in [0.1, 0.15) is 88.9 Å². The van der Waals surface area contributed by atoms with Gasteiger partial charge < -0.3 is 38.3 Å².